The number of carbonyl (C=O) groups excluding carboxylic acids is 1. The van der Waals surface area contributed by atoms with Crippen molar-refractivity contribution in [1.82, 2.24) is 5.32 Å². The quantitative estimate of drug-likeness (QED) is 0.332. The Morgan fingerprint density at radius 3 is 2.95 bits per heavy atom. The van der Waals surface area contributed by atoms with Crippen molar-refractivity contribution in [1.29, 1.82) is 0 Å². The van der Waals surface area contributed by atoms with Crippen molar-refractivity contribution in [3.05, 3.63) is 35.4 Å². The highest BCUT2D eigenvalue weighted by Gasteiger charge is 2.15. The summed E-state index contributed by atoms with van der Waals surface area (Å²) in [6.45, 7) is 1.27. The molecule has 1 unspecified atom stereocenters. The van der Waals surface area contributed by atoms with E-state index in [9.17, 15) is 4.79 Å². The standard InChI is InChI=1S/C14H19N3O3/c15-13(17-19)10-4-3-5-11(8-10)14(18)16-9-12-6-1-2-7-20-12/h3-5,8,12,19H,1-2,6-7,9H2,(H2,15,17)(H,16,18). The fourth-order valence-electron chi connectivity index (χ4n) is 2.15. The first-order chi connectivity index (χ1) is 9.70. The molecule has 4 N–H and O–H groups in total. The van der Waals surface area contributed by atoms with Crippen molar-refractivity contribution in [3.63, 3.8) is 0 Å². The maximum Gasteiger partial charge on any atom is 0.251 e. The molecule has 1 aromatic carbocycles. The summed E-state index contributed by atoms with van der Waals surface area (Å²) in [6, 6.07) is 6.65. The molecule has 0 saturated carbocycles. The van der Waals surface area contributed by atoms with E-state index >= 15 is 0 Å². The Balaban J connectivity index is 1.94. The average Bonchev–Trinajstić information content (AvgIpc) is 2.53. The van der Waals surface area contributed by atoms with E-state index in [0.29, 0.717) is 17.7 Å². The Morgan fingerprint density at radius 2 is 2.25 bits per heavy atom. The van der Waals surface area contributed by atoms with Gasteiger partial charge >= 0.3 is 0 Å². The fraction of sp³-hybridized carbons (Fsp3) is 0.429. The van der Waals surface area contributed by atoms with Crippen molar-refractivity contribution in [2.45, 2.75) is 25.4 Å². The van der Waals surface area contributed by atoms with E-state index in [1.807, 2.05) is 0 Å². The summed E-state index contributed by atoms with van der Waals surface area (Å²) in [6.07, 6.45) is 3.30. The number of amides is 1. The van der Waals surface area contributed by atoms with E-state index in [-0.39, 0.29) is 17.8 Å². The number of nitrogens with two attached hydrogens (primary N) is 1. The number of benzene rings is 1. The number of hydrogen-bond acceptors (Lipinski definition) is 4. The van der Waals surface area contributed by atoms with Gasteiger partial charge in [-0.05, 0) is 31.4 Å². The number of rotatable bonds is 4. The fourth-order valence-corrected chi connectivity index (χ4v) is 2.15. The van der Waals surface area contributed by atoms with Crippen LogP contribution in [0, 0.1) is 0 Å². The molecule has 1 heterocycles. The number of ether oxygens (including phenoxy) is 1. The molecule has 1 amide bonds. The van der Waals surface area contributed by atoms with Crippen molar-refractivity contribution in [2.75, 3.05) is 13.2 Å². The van der Waals surface area contributed by atoms with Crippen LogP contribution in [0.25, 0.3) is 0 Å². The van der Waals surface area contributed by atoms with Gasteiger partial charge in [0, 0.05) is 24.3 Å². The Morgan fingerprint density at radius 1 is 1.45 bits per heavy atom. The van der Waals surface area contributed by atoms with Crippen LogP contribution in [0.3, 0.4) is 0 Å². The van der Waals surface area contributed by atoms with Crippen LogP contribution in [-0.2, 0) is 4.74 Å². The van der Waals surface area contributed by atoms with Gasteiger partial charge in [-0.2, -0.15) is 0 Å². The monoisotopic (exact) mass is 277 g/mol. The summed E-state index contributed by atoms with van der Waals surface area (Å²) in [5.74, 6) is -0.206. The summed E-state index contributed by atoms with van der Waals surface area (Å²) >= 11 is 0. The van der Waals surface area contributed by atoms with E-state index in [0.717, 1.165) is 25.9 Å². The third kappa shape index (κ3) is 3.71. The van der Waals surface area contributed by atoms with Gasteiger partial charge in [0.15, 0.2) is 5.84 Å². The molecule has 1 fully saturated rings. The molecule has 6 heteroatoms. The molecule has 1 aliphatic rings. The number of hydrogen-bond donors (Lipinski definition) is 3. The van der Waals surface area contributed by atoms with Crippen LogP contribution in [0.15, 0.2) is 29.4 Å². The van der Waals surface area contributed by atoms with Crippen molar-refractivity contribution >= 4 is 11.7 Å². The van der Waals surface area contributed by atoms with E-state index < -0.39 is 0 Å². The second-order valence-corrected chi connectivity index (χ2v) is 4.76. The Hall–Kier alpha value is -2.08. The topological polar surface area (TPSA) is 96.9 Å². The van der Waals surface area contributed by atoms with E-state index in [1.165, 1.54) is 0 Å². The molecule has 1 atom stereocenters. The van der Waals surface area contributed by atoms with Crippen molar-refractivity contribution < 1.29 is 14.7 Å². The minimum absolute atomic E-state index is 0.0183. The molecule has 1 saturated heterocycles. The minimum atomic E-state index is -0.188. The lowest BCUT2D eigenvalue weighted by molar-refractivity contribution is 0.0169. The Labute approximate surface area is 117 Å². The van der Waals surface area contributed by atoms with Gasteiger partial charge in [0.2, 0.25) is 0 Å². The molecule has 0 bridgehead atoms. The summed E-state index contributed by atoms with van der Waals surface area (Å²) in [4.78, 5) is 12.0. The van der Waals surface area contributed by atoms with Crippen LogP contribution < -0.4 is 11.1 Å². The largest absolute Gasteiger partial charge is 0.409 e. The van der Waals surface area contributed by atoms with Crippen LogP contribution in [0.4, 0.5) is 0 Å². The van der Waals surface area contributed by atoms with Crippen molar-refractivity contribution in [3.8, 4) is 0 Å². The van der Waals surface area contributed by atoms with Gasteiger partial charge < -0.3 is 21.0 Å². The molecule has 108 valence electrons. The van der Waals surface area contributed by atoms with E-state index in [1.54, 1.807) is 24.3 Å². The highest BCUT2D eigenvalue weighted by atomic mass is 16.5. The zero-order valence-corrected chi connectivity index (χ0v) is 11.2. The first-order valence-corrected chi connectivity index (χ1v) is 6.68. The molecule has 0 radical (unpaired) electrons. The molecule has 2 rings (SSSR count). The molecule has 0 aromatic heterocycles. The predicted molar refractivity (Wildman–Crippen MR) is 74.9 cm³/mol. The van der Waals surface area contributed by atoms with Crippen LogP contribution in [0.1, 0.15) is 35.2 Å². The summed E-state index contributed by atoms with van der Waals surface area (Å²) in [7, 11) is 0. The second-order valence-electron chi connectivity index (χ2n) is 4.76. The summed E-state index contributed by atoms with van der Waals surface area (Å²) in [5.41, 5.74) is 6.49. The predicted octanol–water partition coefficient (Wildman–Crippen LogP) is 1.08. The normalized spacial score (nSPS) is 19.6. The van der Waals surface area contributed by atoms with Gasteiger partial charge in [0.1, 0.15) is 0 Å². The van der Waals surface area contributed by atoms with Gasteiger partial charge in [0.25, 0.3) is 5.91 Å². The van der Waals surface area contributed by atoms with Crippen LogP contribution in [0.2, 0.25) is 0 Å². The number of carbonyl (C=O) groups is 1. The van der Waals surface area contributed by atoms with E-state index in [4.69, 9.17) is 15.7 Å². The van der Waals surface area contributed by atoms with Gasteiger partial charge in [-0.15, -0.1) is 0 Å². The SMILES string of the molecule is NC(=NO)c1cccc(C(=O)NCC2CCCCO2)c1. The van der Waals surface area contributed by atoms with Gasteiger partial charge in [-0.25, -0.2) is 0 Å². The molecule has 20 heavy (non-hydrogen) atoms. The lowest BCUT2D eigenvalue weighted by Crippen LogP contribution is -2.35. The number of oxime groups is 1. The molecule has 0 spiro atoms. The van der Waals surface area contributed by atoms with Crippen molar-refractivity contribution in [2.24, 2.45) is 10.9 Å². The highest BCUT2D eigenvalue weighted by Crippen LogP contribution is 2.12. The lowest BCUT2D eigenvalue weighted by Gasteiger charge is -2.22. The first-order valence-electron chi connectivity index (χ1n) is 6.68. The maximum absolute atomic E-state index is 12.0. The van der Waals surface area contributed by atoms with E-state index in [2.05, 4.69) is 10.5 Å². The van der Waals surface area contributed by atoms with Gasteiger partial charge in [-0.1, -0.05) is 17.3 Å². The zero-order chi connectivity index (χ0) is 14.4. The average molecular weight is 277 g/mol. The van der Waals surface area contributed by atoms with Crippen LogP contribution in [-0.4, -0.2) is 36.2 Å². The molecule has 1 aliphatic heterocycles. The smallest absolute Gasteiger partial charge is 0.251 e. The second kappa shape index (κ2) is 6.91. The number of nitrogens with one attached hydrogen (secondary N) is 1. The van der Waals surface area contributed by atoms with Crippen LogP contribution >= 0.6 is 0 Å². The Bertz CT molecular complexity index is 496. The lowest BCUT2D eigenvalue weighted by atomic mass is 10.1. The third-order valence-corrected chi connectivity index (χ3v) is 3.29. The van der Waals surface area contributed by atoms with Gasteiger partial charge in [0.05, 0.1) is 6.10 Å². The highest BCUT2D eigenvalue weighted by molar-refractivity contribution is 6.01. The third-order valence-electron chi connectivity index (χ3n) is 3.29. The molecular weight excluding hydrogens is 258 g/mol. The zero-order valence-electron chi connectivity index (χ0n) is 11.2. The maximum atomic E-state index is 12.0. The summed E-state index contributed by atoms with van der Waals surface area (Å²) in [5, 5.41) is 14.4. The molecule has 1 aromatic rings. The first kappa shape index (κ1) is 14.3. The minimum Gasteiger partial charge on any atom is -0.409 e. The Kier molecular flexibility index (Phi) is 4.95. The summed E-state index contributed by atoms with van der Waals surface area (Å²) < 4.78 is 5.56. The number of amidine groups is 1. The number of nitrogens with zero attached hydrogens (tertiary/aromatic N) is 1. The molecular formula is C14H19N3O3. The molecule has 0 aliphatic carbocycles. The molecule has 6 nitrogen and oxygen atoms in total. The van der Waals surface area contributed by atoms with Crippen LogP contribution in [0.5, 0.6) is 0 Å². The van der Waals surface area contributed by atoms with Gasteiger partial charge in [-0.3, -0.25) is 4.79 Å².